The van der Waals surface area contributed by atoms with Crippen LogP contribution in [0.15, 0.2) is 11.1 Å². The summed E-state index contributed by atoms with van der Waals surface area (Å²) in [5.74, 6) is -1.97. The molecule has 0 spiro atoms. The average molecular weight is 240 g/mol. The minimum atomic E-state index is -1.05. The number of Topliss-reactive ketones (excluding diaryl/α,β-unsaturated/α-hetero) is 1. The van der Waals surface area contributed by atoms with Gasteiger partial charge in [0.1, 0.15) is 12.4 Å². The van der Waals surface area contributed by atoms with Crippen LogP contribution in [0.25, 0.3) is 0 Å². The summed E-state index contributed by atoms with van der Waals surface area (Å²) in [6, 6.07) is 0. The molecule has 0 aromatic carbocycles. The number of aldehydes is 1. The average Bonchev–Trinajstić information content (AvgIpc) is 2.49. The number of allylic oxidation sites excluding steroid dienone is 1. The van der Waals surface area contributed by atoms with Crippen LogP contribution in [0.1, 0.15) is 26.2 Å². The summed E-state index contributed by atoms with van der Waals surface area (Å²) in [6.45, 7) is 1.18. The van der Waals surface area contributed by atoms with E-state index in [0.717, 1.165) is 0 Å². The number of carbonyl (C=O) groups is 4. The van der Waals surface area contributed by atoms with Crippen LogP contribution in [0.2, 0.25) is 0 Å². The van der Waals surface area contributed by atoms with Gasteiger partial charge in [0.25, 0.3) is 0 Å². The Morgan fingerprint density at radius 2 is 2.18 bits per heavy atom. The monoisotopic (exact) mass is 240 g/mol. The quantitative estimate of drug-likeness (QED) is 0.546. The maximum absolute atomic E-state index is 11.5. The third-order valence-corrected chi connectivity index (χ3v) is 2.43. The summed E-state index contributed by atoms with van der Waals surface area (Å²) >= 11 is 0. The molecule has 0 heterocycles. The Morgan fingerprint density at radius 3 is 2.65 bits per heavy atom. The molecule has 0 saturated heterocycles. The maximum Gasteiger partial charge on any atom is 0.303 e. The number of rotatable bonds is 5. The van der Waals surface area contributed by atoms with Crippen LogP contribution in [0.4, 0.5) is 0 Å². The molecule has 0 aromatic heterocycles. The molecule has 1 N–H and O–H groups in total. The zero-order chi connectivity index (χ0) is 13.0. The predicted molar refractivity (Wildman–Crippen MR) is 55.1 cm³/mol. The number of ether oxygens (including phenoxy) is 1. The molecule has 1 rings (SSSR count). The summed E-state index contributed by atoms with van der Waals surface area (Å²) in [4.78, 5) is 43.6. The molecule has 0 saturated carbocycles. The smallest absolute Gasteiger partial charge is 0.303 e. The third kappa shape index (κ3) is 3.24. The van der Waals surface area contributed by atoms with Gasteiger partial charge in [0.2, 0.25) is 0 Å². The summed E-state index contributed by atoms with van der Waals surface area (Å²) in [5, 5.41) is 8.52. The van der Waals surface area contributed by atoms with Crippen molar-refractivity contribution in [2.75, 3.05) is 0 Å². The van der Waals surface area contributed by atoms with Crippen molar-refractivity contribution in [3.8, 4) is 0 Å². The highest BCUT2D eigenvalue weighted by atomic mass is 16.5. The van der Waals surface area contributed by atoms with E-state index in [-0.39, 0.29) is 36.2 Å². The van der Waals surface area contributed by atoms with Crippen molar-refractivity contribution < 1.29 is 29.0 Å². The van der Waals surface area contributed by atoms with Crippen LogP contribution in [0.5, 0.6) is 0 Å². The van der Waals surface area contributed by atoms with Crippen LogP contribution in [0.3, 0.4) is 0 Å². The van der Waals surface area contributed by atoms with Crippen molar-refractivity contribution in [3.63, 3.8) is 0 Å². The second-order valence-corrected chi connectivity index (χ2v) is 3.67. The fourth-order valence-corrected chi connectivity index (χ4v) is 1.73. The second-order valence-electron chi connectivity index (χ2n) is 3.67. The van der Waals surface area contributed by atoms with Crippen molar-refractivity contribution in [2.24, 2.45) is 0 Å². The van der Waals surface area contributed by atoms with Gasteiger partial charge in [-0.05, 0) is 6.42 Å². The lowest BCUT2D eigenvalue weighted by Crippen LogP contribution is -2.17. The van der Waals surface area contributed by atoms with E-state index < -0.39 is 18.0 Å². The molecule has 92 valence electrons. The molecular weight excluding hydrogens is 228 g/mol. The number of carboxylic acids is 1. The maximum atomic E-state index is 11.5. The molecule has 6 heteroatoms. The molecular formula is C11H12O6. The van der Waals surface area contributed by atoms with E-state index in [9.17, 15) is 19.2 Å². The van der Waals surface area contributed by atoms with E-state index in [1.54, 1.807) is 0 Å². The van der Waals surface area contributed by atoms with Crippen molar-refractivity contribution in [1.82, 2.24) is 0 Å². The number of aliphatic carboxylic acids is 1. The Balaban J connectivity index is 2.87. The minimum Gasteiger partial charge on any atom is -0.481 e. The van der Waals surface area contributed by atoms with Crippen LogP contribution < -0.4 is 0 Å². The normalized spacial score (nSPS) is 19.4. The van der Waals surface area contributed by atoms with Crippen molar-refractivity contribution in [2.45, 2.75) is 32.3 Å². The van der Waals surface area contributed by atoms with Gasteiger partial charge in [-0.15, -0.1) is 0 Å². The lowest BCUT2D eigenvalue weighted by Gasteiger charge is -2.09. The van der Waals surface area contributed by atoms with Crippen molar-refractivity contribution >= 4 is 24.0 Å². The molecule has 0 aromatic rings. The molecule has 0 radical (unpaired) electrons. The summed E-state index contributed by atoms with van der Waals surface area (Å²) < 4.78 is 4.83. The van der Waals surface area contributed by atoms with E-state index in [0.29, 0.717) is 6.29 Å². The van der Waals surface area contributed by atoms with Crippen LogP contribution in [-0.2, 0) is 23.9 Å². The number of hydrogen-bond donors (Lipinski definition) is 1. The predicted octanol–water partition coefficient (Wildman–Crippen LogP) is 0.251. The van der Waals surface area contributed by atoms with E-state index in [1.807, 2.05) is 0 Å². The number of esters is 1. The molecule has 0 bridgehead atoms. The van der Waals surface area contributed by atoms with Gasteiger partial charge >= 0.3 is 11.9 Å². The number of ketones is 1. The highest BCUT2D eigenvalue weighted by Gasteiger charge is 2.33. The van der Waals surface area contributed by atoms with E-state index >= 15 is 0 Å². The van der Waals surface area contributed by atoms with Crippen LogP contribution >= 0.6 is 0 Å². The highest BCUT2D eigenvalue weighted by molar-refractivity contribution is 6.05. The van der Waals surface area contributed by atoms with Crippen LogP contribution in [-0.4, -0.2) is 35.2 Å². The SMILES string of the molecule is CC(=O)OC1CC(=O)C(CCC(=O)O)=C1C=O. The van der Waals surface area contributed by atoms with Gasteiger partial charge in [-0.2, -0.15) is 0 Å². The standard InChI is InChI=1S/C11H12O6/c1-6(13)17-10-4-9(14)7(8(10)5-12)2-3-11(15)16/h5,10H,2-4H2,1H3,(H,15,16). The van der Waals surface area contributed by atoms with Gasteiger partial charge in [0.15, 0.2) is 5.78 Å². The molecule has 0 aliphatic heterocycles. The number of hydrogen-bond acceptors (Lipinski definition) is 5. The second kappa shape index (κ2) is 5.38. The Morgan fingerprint density at radius 1 is 1.53 bits per heavy atom. The minimum absolute atomic E-state index is 0.0139. The van der Waals surface area contributed by atoms with Crippen LogP contribution in [0, 0.1) is 0 Å². The fraction of sp³-hybridized carbons (Fsp3) is 0.455. The zero-order valence-corrected chi connectivity index (χ0v) is 9.26. The lowest BCUT2D eigenvalue weighted by molar-refractivity contribution is -0.145. The third-order valence-electron chi connectivity index (χ3n) is 2.43. The van der Waals surface area contributed by atoms with E-state index in [2.05, 4.69) is 0 Å². The van der Waals surface area contributed by atoms with Gasteiger partial charge < -0.3 is 9.84 Å². The molecule has 1 unspecified atom stereocenters. The first-order valence-corrected chi connectivity index (χ1v) is 5.06. The first kappa shape index (κ1) is 13.1. The molecule has 17 heavy (non-hydrogen) atoms. The molecule has 0 amide bonds. The van der Waals surface area contributed by atoms with Crippen molar-refractivity contribution in [3.05, 3.63) is 11.1 Å². The number of carbonyl (C=O) groups excluding carboxylic acids is 3. The van der Waals surface area contributed by atoms with Crippen molar-refractivity contribution in [1.29, 1.82) is 0 Å². The Bertz CT molecular complexity index is 406. The molecule has 0 fully saturated rings. The summed E-state index contributed by atoms with van der Waals surface area (Å²) in [6.07, 6.45) is -0.731. The van der Waals surface area contributed by atoms with Gasteiger partial charge in [-0.25, -0.2) is 0 Å². The summed E-state index contributed by atoms with van der Waals surface area (Å²) in [5.41, 5.74) is 0.250. The fourth-order valence-electron chi connectivity index (χ4n) is 1.73. The Labute approximate surface area is 97.2 Å². The summed E-state index contributed by atoms with van der Waals surface area (Å²) in [7, 11) is 0. The van der Waals surface area contributed by atoms with Gasteiger partial charge in [-0.3, -0.25) is 19.2 Å². The molecule has 6 nitrogen and oxygen atoms in total. The number of carboxylic acid groups (broad SMARTS) is 1. The Hall–Kier alpha value is -1.98. The van der Waals surface area contributed by atoms with Gasteiger partial charge in [-0.1, -0.05) is 0 Å². The van der Waals surface area contributed by atoms with E-state index in [1.165, 1.54) is 6.92 Å². The first-order chi connectivity index (χ1) is 7.95. The van der Waals surface area contributed by atoms with Gasteiger partial charge in [0.05, 0.1) is 6.42 Å². The molecule has 1 aliphatic carbocycles. The Kier molecular flexibility index (Phi) is 4.14. The molecule has 1 atom stereocenters. The zero-order valence-electron chi connectivity index (χ0n) is 9.26. The first-order valence-electron chi connectivity index (χ1n) is 5.06. The molecule has 1 aliphatic rings. The van der Waals surface area contributed by atoms with Gasteiger partial charge in [0, 0.05) is 24.5 Å². The van der Waals surface area contributed by atoms with E-state index in [4.69, 9.17) is 9.84 Å². The topological polar surface area (TPSA) is 97.7 Å². The highest BCUT2D eigenvalue weighted by Crippen LogP contribution is 2.28. The largest absolute Gasteiger partial charge is 0.481 e. The lowest BCUT2D eigenvalue weighted by atomic mass is 10.1.